The Morgan fingerprint density at radius 1 is 1.29 bits per heavy atom. The molecule has 1 nitrogen and oxygen atoms in total. The van der Waals surface area contributed by atoms with Gasteiger partial charge in [0.15, 0.2) is 0 Å². The third-order valence-electron chi connectivity index (χ3n) is 2.62. The van der Waals surface area contributed by atoms with Gasteiger partial charge in [0, 0.05) is 18.3 Å². The molecule has 92 valence electrons. The Morgan fingerprint density at radius 2 is 2.00 bits per heavy atom. The zero-order valence-corrected chi connectivity index (χ0v) is 11.5. The van der Waals surface area contributed by atoms with Crippen LogP contribution in [0.15, 0.2) is 30.3 Å². The SMILES string of the molecule is C#CCSCCNC(c1ccccc1)C(C)C. The highest BCUT2D eigenvalue weighted by Gasteiger charge is 2.13. The summed E-state index contributed by atoms with van der Waals surface area (Å²) in [6.07, 6.45) is 5.22. The van der Waals surface area contributed by atoms with Crippen LogP contribution < -0.4 is 5.32 Å². The molecule has 1 rings (SSSR count). The van der Waals surface area contributed by atoms with Crippen molar-refractivity contribution < 1.29 is 0 Å². The molecule has 0 saturated heterocycles. The van der Waals surface area contributed by atoms with Crippen LogP contribution in [0.25, 0.3) is 0 Å². The van der Waals surface area contributed by atoms with Gasteiger partial charge in [0.1, 0.15) is 0 Å². The first-order valence-electron chi connectivity index (χ1n) is 6.05. The number of rotatable bonds is 7. The minimum absolute atomic E-state index is 0.433. The first-order valence-corrected chi connectivity index (χ1v) is 7.20. The predicted octanol–water partition coefficient (Wildman–Crippen LogP) is 3.34. The van der Waals surface area contributed by atoms with Gasteiger partial charge in [-0.25, -0.2) is 0 Å². The molecule has 1 aromatic carbocycles. The van der Waals surface area contributed by atoms with Crippen LogP contribution in [0.2, 0.25) is 0 Å². The second-order valence-corrected chi connectivity index (χ2v) is 5.45. The number of thioether (sulfide) groups is 1. The lowest BCUT2D eigenvalue weighted by Gasteiger charge is -2.22. The minimum atomic E-state index is 0.433. The summed E-state index contributed by atoms with van der Waals surface area (Å²) in [5.41, 5.74) is 1.37. The molecule has 1 unspecified atom stereocenters. The van der Waals surface area contributed by atoms with Crippen molar-refractivity contribution in [2.45, 2.75) is 19.9 Å². The predicted molar refractivity (Wildman–Crippen MR) is 78.2 cm³/mol. The maximum absolute atomic E-state index is 5.22. The molecular formula is C15H21NS. The fourth-order valence-corrected chi connectivity index (χ4v) is 2.34. The number of nitrogens with one attached hydrogen (secondary N) is 1. The van der Waals surface area contributed by atoms with Crippen molar-refractivity contribution in [3.8, 4) is 12.3 Å². The maximum Gasteiger partial charge on any atom is 0.0545 e. The molecule has 0 bridgehead atoms. The first kappa shape index (κ1) is 14.2. The Hall–Kier alpha value is -0.910. The third kappa shape index (κ3) is 5.30. The van der Waals surface area contributed by atoms with Crippen molar-refractivity contribution in [3.05, 3.63) is 35.9 Å². The first-order chi connectivity index (χ1) is 8.25. The molecular weight excluding hydrogens is 226 g/mol. The minimum Gasteiger partial charge on any atom is -0.309 e. The van der Waals surface area contributed by atoms with Gasteiger partial charge in [0.25, 0.3) is 0 Å². The van der Waals surface area contributed by atoms with Gasteiger partial charge in [-0.15, -0.1) is 18.2 Å². The summed E-state index contributed by atoms with van der Waals surface area (Å²) in [7, 11) is 0. The monoisotopic (exact) mass is 247 g/mol. The summed E-state index contributed by atoms with van der Waals surface area (Å²) >= 11 is 1.80. The summed E-state index contributed by atoms with van der Waals surface area (Å²) in [4.78, 5) is 0. The van der Waals surface area contributed by atoms with E-state index in [9.17, 15) is 0 Å². The average Bonchev–Trinajstić information content (AvgIpc) is 2.34. The van der Waals surface area contributed by atoms with Crippen LogP contribution in [0.1, 0.15) is 25.5 Å². The Kier molecular flexibility index (Phi) is 6.84. The number of terminal acetylenes is 1. The van der Waals surface area contributed by atoms with E-state index in [1.165, 1.54) is 5.56 Å². The summed E-state index contributed by atoms with van der Waals surface area (Å²) in [5.74, 6) is 5.11. The van der Waals surface area contributed by atoms with Gasteiger partial charge in [-0.2, -0.15) is 0 Å². The van der Waals surface area contributed by atoms with Gasteiger partial charge in [-0.3, -0.25) is 0 Å². The molecule has 0 aliphatic heterocycles. The Bertz CT molecular complexity index is 340. The highest BCUT2D eigenvalue weighted by atomic mass is 32.2. The molecule has 0 fully saturated rings. The van der Waals surface area contributed by atoms with Crippen LogP contribution in [0.4, 0.5) is 0 Å². The van der Waals surface area contributed by atoms with Crippen LogP contribution in [0, 0.1) is 18.3 Å². The highest BCUT2D eigenvalue weighted by Crippen LogP contribution is 2.21. The van der Waals surface area contributed by atoms with Crippen molar-refractivity contribution in [1.82, 2.24) is 5.32 Å². The normalized spacial score (nSPS) is 12.4. The van der Waals surface area contributed by atoms with E-state index in [4.69, 9.17) is 6.42 Å². The lowest BCUT2D eigenvalue weighted by Crippen LogP contribution is -2.27. The van der Waals surface area contributed by atoms with E-state index >= 15 is 0 Å². The molecule has 2 heteroatoms. The van der Waals surface area contributed by atoms with Crippen molar-refractivity contribution in [2.24, 2.45) is 5.92 Å². The summed E-state index contributed by atoms with van der Waals surface area (Å²) in [5, 5.41) is 3.60. The second kappa shape index (κ2) is 8.22. The quantitative estimate of drug-likeness (QED) is 0.586. The van der Waals surface area contributed by atoms with Gasteiger partial charge < -0.3 is 5.32 Å². The zero-order valence-electron chi connectivity index (χ0n) is 10.6. The lowest BCUT2D eigenvalue weighted by atomic mass is 9.96. The molecule has 0 radical (unpaired) electrons. The zero-order chi connectivity index (χ0) is 12.5. The molecule has 17 heavy (non-hydrogen) atoms. The van der Waals surface area contributed by atoms with Gasteiger partial charge in [-0.1, -0.05) is 50.1 Å². The topological polar surface area (TPSA) is 12.0 Å². The van der Waals surface area contributed by atoms with E-state index in [-0.39, 0.29) is 0 Å². The molecule has 0 aliphatic carbocycles. The lowest BCUT2D eigenvalue weighted by molar-refractivity contribution is 0.423. The standard InChI is InChI=1S/C15H21NS/c1-4-11-17-12-10-16-15(13(2)3)14-8-6-5-7-9-14/h1,5-9,13,15-16H,10-12H2,2-3H3. The summed E-state index contributed by atoms with van der Waals surface area (Å²) in [6.45, 7) is 5.50. The van der Waals surface area contributed by atoms with Crippen LogP contribution in [-0.2, 0) is 0 Å². The van der Waals surface area contributed by atoms with Gasteiger partial charge in [0.2, 0.25) is 0 Å². The summed E-state index contributed by atoms with van der Waals surface area (Å²) in [6, 6.07) is 11.1. The van der Waals surface area contributed by atoms with Crippen molar-refractivity contribution in [3.63, 3.8) is 0 Å². The number of hydrogen-bond donors (Lipinski definition) is 1. The van der Waals surface area contributed by atoms with E-state index in [2.05, 4.69) is 55.4 Å². The van der Waals surface area contributed by atoms with E-state index in [1.54, 1.807) is 11.8 Å². The third-order valence-corrected chi connectivity index (χ3v) is 3.48. The van der Waals surface area contributed by atoms with E-state index in [0.29, 0.717) is 12.0 Å². The fourth-order valence-electron chi connectivity index (χ4n) is 1.82. The Balaban J connectivity index is 2.43. The maximum atomic E-state index is 5.22. The second-order valence-electron chi connectivity index (χ2n) is 4.34. The van der Waals surface area contributed by atoms with Crippen molar-refractivity contribution >= 4 is 11.8 Å². The van der Waals surface area contributed by atoms with Gasteiger partial charge in [-0.05, 0) is 11.5 Å². The molecule has 0 spiro atoms. The van der Waals surface area contributed by atoms with Crippen molar-refractivity contribution in [2.75, 3.05) is 18.1 Å². The van der Waals surface area contributed by atoms with Crippen molar-refractivity contribution in [1.29, 1.82) is 0 Å². The van der Waals surface area contributed by atoms with E-state index < -0.39 is 0 Å². The Morgan fingerprint density at radius 3 is 2.59 bits per heavy atom. The molecule has 1 N–H and O–H groups in total. The van der Waals surface area contributed by atoms with Crippen LogP contribution in [0.5, 0.6) is 0 Å². The largest absolute Gasteiger partial charge is 0.309 e. The number of hydrogen-bond acceptors (Lipinski definition) is 2. The highest BCUT2D eigenvalue weighted by molar-refractivity contribution is 7.99. The van der Waals surface area contributed by atoms with E-state index in [1.807, 2.05) is 0 Å². The molecule has 0 aliphatic rings. The summed E-state index contributed by atoms with van der Waals surface area (Å²) < 4.78 is 0. The molecule has 0 saturated carbocycles. The number of benzene rings is 1. The molecule has 1 aromatic rings. The van der Waals surface area contributed by atoms with Crippen LogP contribution in [0.3, 0.4) is 0 Å². The Labute approximate surface area is 109 Å². The fraction of sp³-hybridized carbons (Fsp3) is 0.467. The van der Waals surface area contributed by atoms with E-state index in [0.717, 1.165) is 18.1 Å². The molecule has 0 aromatic heterocycles. The van der Waals surface area contributed by atoms with Crippen LogP contribution >= 0.6 is 11.8 Å². The van der Waals surface area contributed by atoms with Crippen LogP contribution in [-0.4, -0.2) is 18.1 Å². The van der Waals surface area contributed by atoms with Gasteiger partial charge >= 0.3 is 0 Å². The average molecular weight is 247 g/mol. The van der Waals surface area contributed by atoms with Gasteiger partial charge in [0.05, 0.1) is 5.75 Å². The molecule has 0 heterocycles. The smallest absolute Gasteiger partial charge is 0.0545 e. The molecule has 0 amide bonds. The molecule has 1 atom stereocenters.